The molecule has 2 fully saturated rings. The Balaban J connectivity index is 1.53. The predicted octanol–water partition coefficient (Wildman–Crippen LogP) is 5.05. The van der Waals surface area contributed by atoms with Gasteiger partial charge in [-0.05, 0) is 63.4 Å². The third-order valence-electron chi connectivity index (χ3n) is 7.31. The number of nitrogens with one attached hydrogen (secondary N) is 1. The number of hydrogen-bond donors (Lipinski definition) is 1. The highest BCUT2D eigenvalue weighted by molar-refractivity contribution is 6.42. The van der Waals surface area contributed by atoms with Crippen molar-refractivity contribution >= 4 is 29.1 Å². The van der Waals surface area contributed by atoms with Gasteiger partial charge in [0.1, 0.15) is 12.2 Å². The van der Waals surface area contributed by atoms with E-state index in [4.69, 9.17) is 33.2 Å². The average Bonchev–Trinajstić information content (AvgIpc) is 3.31. The minimum atomic E-state index is -0.197. The molecule has 1 amide bonds. The monoisotopic (exact) mass is 500 g/mol. The molecule has 0 unspecified atom stereocenters. The zero-order valence-electron chi connectivity index (χ0n) is 19.5. The number of nitriles is 1. The number of carbonyl (C=O) groups excluding carboxylic acids is 1. The van der Waals surface area contributed by atoms with E-state index in [1.807, 2.05) is 37.1 Å². The highest BCUT2D eigenvalue weighted by atomic mass is 35.5. The van der Waals surface area contributed by atoms with Crippen LogP contribution in [-0.4, -0.2) is 48.1 Å². The van der Waals surface area contributed by atoms with Crippen molar-refractivity contribution in [3.05, 3.63) is 57.7 Å². The first-order valence-electron chi connectivity index (χ1n) is 11.8. The molecule has 0 radical (unpaired) electrons. The number of amides is 1. The molecule has 1 aromatic carbocycles. The van der Waals surface area contributed by atoms with E-state index >= 15 is 0 Å². The predicted molar refractivity (Wildman–Crippen MR) is 133 cm³/mol. The van der Waals surface area contributed by atoms with Crippen LogP contribution in [0.1, 0.15) is 49.7 Å². The standard InChI is InChI=1S/C26H30Cl2N4O2/c1-16(34-25-10-3-17(12-29)13-31-25)21-14-32(26(33)18-4-7-20(30-2)8-5-18)15-22(21)19-6-9-23(27)24(28)11-19/h3,6,9-11,13,16,18,20-22,30H,4-5,7-8,14-15H2,1-2H3/t16-,18-,20-,21+,22+/m0/s1. The molecule has 2 aliphatic rings. The van der Waals surface area contributed by atoms with Gasteiger partial charge >= 0.3 is 0 Å². The number of ether oxygens (including phenoxy) is 1. The molecule has 0 bridgehead atoms. The van der Waals surface area contributed by atoms with Crippen molar-refractivity contribution in [1.29, 1.82) is 5.26 Å². The summed E-state index contributed by atoms with van der Waals surface area (Å²) in [5.41, 5.74) is 1.54. The molecule has 2 heterocycles. The van der Waals surface area contributed by atoms with Crippen molar-refractivity contribution in [2.24, 2.45) is 11.8 Å². The zero-order valence-corrected chi connectivity index (χ0v) is 21.0. The lowest BCUT2D eigenvalue weighted by atomic mass is 9.85. The number of halogens is 2. The number of rotatable bonds is 6. The second-order valence-electron chi connectivity index (χ2n) is 9.34. The molecule has 2 aromatic rings. The van der Waals surface area contributed by atoms with Crippen LogP contribution in [-0.2, 0) is 4.79 Å². The van der Waals surface area contributed by atoms with E-state index in [1.54, 1.807) is 12.1 Å². The molecule has 0 spiro atoms. The van der Waals surface area contributed by atoms with Crippen LogP contribution in [0.15, 0.2) is 36.5 Å². The molecule has 1 aliphatic carbocycles. The largest absolute Gasteiger partial charge is 0.474 e. The molecule has 34 heavy (non-hydrogen) atoms. The summed E-state index contributed by atoms with van der Waals surface area (Å²) in [5, 5.41) is 13.4. The van der Waals surface area contributed by atoms with Gasteiger partial charge in [0, 0.05) is 49.1 Å². The van der Waals surface area contributed by atoms with Crippen molar-refractivity contribution < 1.29 is 9.53 Å². The van der Waals surface area contributed by atoms with Gasteiger partial charge in [-0.25, -0.2) is 4.98 Å². The van der Waals surface area contributed by atoms with Gasteiger partial charge in [0.05, 0.1) is 15.6 Å². The highest BCUT2D eigenvalue weighted by Gasteiger charge is 2.42. The number of likely N-dealkylation sites (tertiary alicyclic amines) is 1. The quantitative estimate of drug-likeness (QED) is 0.600. The van der Waals surface area contributed by atoms with Crippen LogP contribution >= 0.6 is 23.2 Å². The van der Waals surface area contributed by atoms with E-state index in [-0.39, 0.29) is 29.8 Å². The van der Waals surface area contributed by atoms with Gasteiger partial charge in [-0.1, -0.05) is 29.3 Å². The van der Waals surface area contributed by atoms with Crippen LogP contribution in [0.5, 0.6) is 5.88 Å². The summed E-state index contributed by atoms with van der Waals surface area (Å²) in [5.74, 6) is 0.919. The molecule has 1 saturated heterocycles. The molecule has 8 heteroatoms. The van der Waals surface area contributed by atoms with Gasteiger partial charge in [-0.15, -0.1) is 0 Å². The van der Waals surface area contributed by atoms with Crippen LogP contribution in [0.4, 0.5) is 0 Å². The summed E-state index contributed by atoms with van der Waals surface area (Å²) >= 11 is 12.5. The van der Waals surface area contributed by atoms with Crippen LogP contribution in [0.3, 0.4) is 0 Å². The summed E-state index contributed by atoms with van der Waals surface area (Å²) in [7, 11) is 1.99. The molecule has 4 rings (SSSR count). The Morgan fingerprint density at radius 3 is 2.56 bits per heavy atom. The van der Waals surface area contributed by atoms with Gasteiger partial charge in [0.15, 0.2) is 0 Å². The normalized spacial score (nSPS) is 25.6. The molecule has 1 aromatic heterocycles. The SMILES string of the molecule is CN[C@H]1CC[C@H](C(=O)N2C[C@H]([C@H](C)Oc3ccc(C#N)cn3)[C@@H](c3ccc(Cl)c(Cl)c3)C2)CC1. The van der Waals surface area contributed by atoms with Crippen molar-refractivity contribution in [3.8, 4) is 11.9 Å². The number of benzene rings is 1. The first-order valence-corrected chi connectivity index (χ1v) is 12.6. The summed E-state index contributed by atoms with van der Waals surface area (Å²) in [6.07, 6.45) is 5.21. The summed E-state index contributed by atoms with van der Waals surface area (Å²) in [6.45, 7) is 3.26. The van der Waals surface area contributed by atoms with Crippen molar-refractivity contribution in [3.63, 3.8) is 0 Å². The Bertz CT molecular complexity index is 1050. The minimum Gasteiger partial charge on any atom is -0.474 e. The van der Waals surface area contributed by atoms with Crippen LogP contribution in [0.25, 0.3) is 0 Å². The van der Waals surface area contributed by atoms with Crippen LogP contribution in [0, 0.1) is 23.2 Å². The van der Waals surface area contributed by atoms with E-state index in [9.17, 15) is 4.79 Å². The van der Waals surface area contributed by atoms with E-state index in [2.05, 4.69) is 16.4 Å². The maximum atomic E-state index is 13.5. The second-order valence-corrected chi connectivity index (χ2v) is 10.2. The first kappa shape index (κ1) is 24.8. The fourth-order valence-electron chi connectivity index (χ4n) is 5.26. The number of hydrogen-bond acceptors (Lipinski definition) is 5. The Hall–Kier alpha value is -2.33. The smallest absolute Gasteiger partial charge is 0.225 e. The molecule has 1 saturated carbocycles. The maximum Gasteiger partial charge on any atom is 0.225 e. The van der Waals surface area contributed by atoms with Crippen LogP contribution in [0.2, 0.25) is 10.0 Å². The molecule has 1 aliphatic heterocycles. The molecule has 1 N–H and O–H groups in total. The Labute approximate surface area is 211 Å². The Morgan fingerprint density at radius 1 is 1.18 bits per heavy atom. The third kappa shape index (κ3) is 5.49. The number of aromatic nitrogens is 1. The fraction of sp³-hybridized carbons (Fsp3) is 0.500. The lowest BCUT2D eigenvalue weighted by Crippen LogP contribution is -2.39. The zero-order chi connectivity index (χ0) is 24.2. The van der Waals surface area contributed by atoms with E-state index in [0.29, 0.717) is 40.6 Å². The third-order valence-corrected chi connectivity index (χ3v) is 8.05. The van der Waals surface area contributed by atoms with Gasteiger partial charge in [-0.2, -0.15) is 5.26 Å². The van der Waals surface area contributed by atoms with Crippen molar-refractivity contribution in [2.75, 3.05) is 20.1 Å². The molecule has 180 valence electrons. The number of carbonyl (C=O) groups is 1. The average molecular weight is 501 g/mol. The van der Waals surface area contributed by atoms with Crippen LogP contribution < -0.4 is 10.1 Å². The van der Waals surface area contributed by atoms with Gasteiger partial charge in [0.25, 0.3) is 0 Å². The van der Waals surface area contributed by atoms with E-state index < -0.39 is 0 Å². The fourth-order valence-corrected chi connectivity index (χ4v) is 5.57. The number of nitrogens with zero attached hydrogens (tertiary/aromatic N) is 3. The molecular formula is C26H30Cl2N4O2. The summed E-state index contributed by atoms with van der Waals surface area (Å²) < 4.78 is 6.18. The van der Waals surface area contributed by atoms with Gasteiger partial charge in [0.2, 0.25) is 11.8 Å². The Morgan fingerprint density at radius 2 is 1.94 bits per heavy atom. The number of pyridine rings is 1. The lowest BCUT2D eigenvalue weighted by molar-refractivity contribution is -0.135. The lowest BCUT2D eigenvalue weighted by Gasteiger charge is -2.30. The van der Waals surface area contributed by atoms with Gasteiger partial charge < -0.3 is 15.0 Å². The summed E-state index contributed by atoms with van der Waals surface area (Å²) in [4.78, 5) is 19.7. The second kappa shape index (κ2) is 10.9. The summed E-state index contributed by atoms with van der Waals surface area (Å²) in [6, 6.07) is 11.7. The molecule has 3 atom stereocenters. The topological polar surface area (TPSA) is 78.3 Å². The first-order chi connectivity index (χ1) is 16.4. The Kier molecular flexibility index (Phi) is 7.98. The minimum absolute atomic E-state index is 0.0623. The maximum absolute atomic E-state index is 13.5. The molecule has 6 nitrogen and oxygen atoms in total. The van der Waals surface area contributed by atoms with Crippen molar-refractivity contribution in [1.82, 2.24) is 15.2 Å². The van der Waals surface area contributed by atoms with E-state index in [0.717, 1.165) is 31.2 Å². The highest BCUT2D eigenvalue weighted by Crippen LogP contribution is 2.39. The molecular weight excluding hydrogens is 471 g/mol. The van der Waals surface area contributed by atoms with Gasteiger partial charge in [-0.3, -0.25) is 4.79 Å². The van der Waals surface area contributed by atoms with Crippen molar-refractivity contribution in [2.45, 2.75) is 50.7 Å². The van der Waals surface area contributed by atoms with E-state index in [1.165, 1.54) is 6.20 Å².